The molecule has 0 amide bonds. The van der Waals surface area contributed by atoms with Gasteiger partial charge in [-0.25, -0.2) is 9.79 Å². The summed E-state index contributed by atoms with van der Waals surface area (Å²) in [5, 5.41) is 0. The molecule has 5 nitrogen and oxygen atoms in total. The molecule has 1 N–H and O–H groups in total. The molecule has 1 saturated carbocycles. The monoisotopic (exact) mass is 311 g/mol. The Morgan fingerprint density at radius 3 is 2.67 bits per heavy atom. The molecule has 1 aromatic rings. The van der Waals surface area contributed by atoms with Gasteiger partial charge < -0.3 is 0 Å². The van der Waals surface area contributed by atoms with Gasteiger partial charge in [-0.15, -0.1) is 0 Å². The van der Waals surface area contributed by atoms with Gasteiger partial charge in [0, 0.05) is 7.05 Å². The SMILES string of the molecule is Cn1c2c(c(=O)[nH]c1=O)CC1CC(CC(Br)=N2)C1. The summed E-state index contributed by atoms with van der Waals surface area (Å²) < 4.78 is 2.25. The second-order valence-corrected chi connectivity index (χ2v) is 6.14. The Kier molecular flexibility index (Phi) is 2.77. The van der Waals surface area contributed by atoms with E-state index in [1.54, 1.807) is 7.05 Å². The van der Waals surface area contributed by atoms with Crippen LogP contribution in [0.25, 0.3) is 0 Å². The fraction of sp³-hybridized carbons (Fsp3) is 0.583. The largest absolute Gasteiger partial charge is 0.329 e. The third-order valence-corrected chi connectivity index (χ3v) is 4.40. The molecule has 0 aromatic carbocycles. The highest BCUT2D eigenvalue weighted by molar-refractivity contribution is 9.18. The van der Waals surface area contributed by atoms with Crippen LogP contribution in [0.15, 0.2) is 14.6 Å². The summed E-state index contributed by atoms with van der Waals surface area (Å²) in [5.74, 6) is 1.72. The summed E-state index contributed by atoms with van der Waals surface area (Å²) in [6.07, 6.45) is 3.91. The van der Waals surface area contributed by atoms with Crippen LogP contribution >= 0.6 is 15.9 Å². The van der Waals surface area contributed by atoms with Crippen molar-refractivity contribution in [2.24, 2.45) is 23.9 Å². The van der Waals surface area contributed by atoms with Crippen LogP contribution in [-0.2, 0) is 13.5 Å². The van der Waals surface area contributed by atoms with E-state index in [9.17, 15) is 9.59 Å². The third kappa shape index (κ3) is 1.88. The Balaban J connectivity index is 2.24. The van der Waals surface area contributed by atoms with E-state index in [0.29, 0.717) is 23.2 Å². The quantitative estimate of drug-likeness (QED) is 0.788. The third-order valence-electron chi connectivity index (χ3n) is 3.90. The maximum absolute atomic E-state index is 11.9. The molecule has 96 valence electrons. The molecule has 3 heterocycles. The van der Waals surface area contributed by atoms with Gasteiger partial charge >= 0.3 is 5.69 Å². The zero-order valence-electron chi connectivity index (χ0n) is 10.1. The smallest absolute Gasteiger partial charge is 0.281 e. The summed E-state index contributed by atoms with van der Waals surface area (Å²) in [5.41, 5.74) is -0.0590. The second-order valence-electron chi connectivity index (χ2n) is 5.22. The van der Waals surface area contributed by atoms with Gasteiger partial charge in [-0.2, -0.15) is 0 Å². The van der Waals surface area contributed by atoms with Crippen LogP contribution < -0.4 is 11.2 Å². The lowest BCUT2D eigenvalue weighted by atomic mass is 9.71. The van der Waals surface area contributed by atoms with E-state index in [1.807, 2.05) is 0 Å². The maximum atomic E-state index is 11.9. The van der Waals surface area contributed by atoms with Gasteiger partial charge in [-0.05, 0) is 53.4 Å². The van der Waals surface area contributed by atoms with Gasteiger partial charge in [0.25, 0.3) is 5.56 Å². The average Bonchev–Trinajstić information content (AvgIpc) is 2.37. The highest BCUT2D eigenvalue weighted by atomic mass is 79.9. The number of aromatic amines is 1. The summed E-state index contributed by atoms with van der Waals surface area (Å²) in [4.78, 5) is 30.3. The second kappa shape index (κ2) is 4.19. The zero-order valence-corrected chi connectivity index (χ0v) is 11.7. The Morgan fingerprint density at radius 1 is 1.28 bits per heavy atom. The highest BCUT2D eigenvalue weighted by Gasteiger charge is 2.32. The van der Waals surface area contributed by atoms with Crippen molar-refractivity contribution in [3.8, 4) is 0 Å². The van der Waals surface area contributed by atoms with Crippen molar-refractivity contribution in [3.05, 3.63) is 26.4 Å². The van der Waals surface area contributed by atoms with E-state index in [4.69, 9.17) is 0 Å². The zero-order chi connectivity index (χ0) is 12.9. The summed E-state index contributed by atoms with van der Waals surface area (Å²) in [6.45, 7) is 0. The van der Waals surface area contributed by atoms with E-state index in [1.165, 1.54) is 4.57 Å². The molecule has 4 rings (SSSR count). The number of fused-ring (bicyclic) bond motifs is 1. The summed E-state index contributed by atoms with van der Waals surface area (Å²) >= 11 is 3.45. The topological polar surface area (TPSA) is 67.2 Å². The number of nitrogens with one attached hydrogen (secondary N) is 1. The lowest BCUT2D eigenvalue weighted by Crippen LogP contribution is -2.33. The molecule has 0 unspecified atom stereocenters. The maximum Gasteiger partial charge on any atom is 0.329 e. The minimum atomic E-state index is -0.408. The molecule has 2 aliphatic heterocycles. The number of H-pyrrole nitrogens is 1. The van der Waals surface area contributed by atoms with Crippen molar-refractivity contribution >= 4 is 26.4 Å². The molecular weight excluding hydrogens is 298 g/mol. The van der Waals surface area contributed by atoms with Crippen LogP contribution in [0, 0.1) is 11.8 Å². The van der Waals surface area contributed by atoms with Gasteiger partial charge in [0.2, 0.25) is 0 Å². The highest BCUT2D eigenvalue weighted by Crippen LogP contribution is 2.41. The first-order chi connectivity index (χ1) is 8.54. The first-order valence-corrected chi connectivity index (χ1v) is 6.89. The normalized spacial score (nSPS) is 26.2. The summed E-state index contributed by atoms with van der Waals surface area (Å²) in [6, 6.07) is 0. The van der Waals surface area contributed by atoms with E-state index >= 15 is 0 Å². The number of aromatic nitrogens is 2. The van der Waals surface area contributed by atoms with Gasteiger partial charge in [0.15, 0.2) is 0 Å². The van der Waals surface area contributed by atoms with Crippen molar-refractivity contribution in [1.82, 2.24) is 9.55 Å². The number of halogens is 1. The van der Waals surface area contributed by atoms with Crippen molar-refractivity contribution in [2.75, 3.05) is 0 Å². The number of aliphatic imine (C=N–C) groups is 1. The van der Waals surface area contributed by atoms with Crippen molar-refractivity contribution in [2.45, 2.75) is 25.7 Å². The Bertz CT molecular complexity index is 638. The fourth-order valence-electron chi connectivity index (χ4n) is 2.88. The lowest BCUT2D eigenvalue weighted by Gasteiger charge is -2.34. The number of hydrogen-bond acceptors (Lipinski definition) is 3. The van der Waals surface area contributed by atoms with Crippen molar-refractivity contribution < 1.29 is 0 Å². The van der Waals surface area contributed by atoms with Crippen LogP contribution in [0.2, 0.25) is 0 Å². The van der Waals surface area contributed by atoms with Crippen LogP contribution in [-0.4, -0.2) is 14.2 Å². The van der Waals surface area contributed by atoms with E-state index < -0.39 is 5.69 Å². The molecule has 1 fully saturated rings. The molecule has 0 atom stereocenters. The molecule has 6 heteroatoms. The predicted molar refractivity (Wildman–Crippen MR) is 72.9 cm³/mol. The van der Waals surface area contributed by atoms with E-state index in [0.717, 1.165) is 30.3 Å². The minimum Gasteiger partial charge on any atom is -0.281 e. The molecule has 2 bridgehead atoms. The number of hydrogen-bond donors (Lipinski definition) is 1. The molecule has 3 aliphatic rings. The molecule has 0 saturated heterocycles. The molecule has 18 heavy (non-hydrogen) atoms. The van der Waals surface area contributed by atoms with E-state index in [-0.39, 0.29) is 5.56 Å². The van der Waals surface area contributed by atoms with Crippen LogP contribution in [0.3, 0.4) is 0 Å². The van der Waals surface area contributed by atoms with E-state index in [2.05, 4.69) is 25.9 Å². The average molecular weight is 312 g/mol. The minimum absolute atomic E-state index is 0.289. The fourth-order valence-corrected chi connectivity index (χ4v) is 3.50. The van der Waals surface area contributed by atoms with Gasteiger partial charge in [-0.1, -0.05) is 0 Å². The molecule has 0 radical (unpaired) electrons. The molecule has 1 aromatic heterocycles. The standard InChI is InChI=1S/C12H14BrN3O2/c1-16-10-8(11(17)15-12(16)18)4-6-2-7(3-6)5-9(13)14-10/h6-7H,2-5H2,1H3,(H,15,17,18). The Hall–Kier alpha value is -1.17. The summed E-state index contributed by atoms with van der Waals surface area (Å²) in [7, 11) is 1.64. The molecule has 1 aliphatic carbocycles. The van der Waals surface area contributed by atoms with Gasteiger partial charge in [0.1, 0.15) is 5.82 Å². The molecular formula is C12H14BrN3O2. The van der Waals surface area contributed by atoms with Crippen LogP contribution in [0.1, 0.15) is 24.8 Å². The van der Waals surface area contributed by atoms with Gasteiger partial charge in [-0.3, -0.25) is 14.3 Å². The van der Waals surface area contributed by atoms with Crippen LogP contribution in [0.5, 0.6) is 0 Å². The van der Waals surface area contributed by atoms with Crippen molar-refractivity contribution in [3.63, 3.8) is 0 Å². The first-order valence-electron chi connectivity index (χ1n) is 6.10. The van der Waals surface area contributed by atoms with Crippen LogP contribution in [0.4, 0.5) is 5.82 Å². The Labute approximate surface area is 112 Å². The predicted octanol–water partition coefficient (Wildman–Crippen LogP) is 1.47. The number of rotatable bonds is 0. The lowest BCUT2D eigenvalue weighted by molar-refractivity contribution is 0.200. The first kappa shape index (κ1) is 11.9. The Morgan fingerprint density at radius 2 is 1.94 bits per heavy atom. The number of nitrogens with zero attached hydrogens (tertiary/aromatic N) is 2. The van der Waals surface area contributed by atoms with Gasteiger partial charge in [0.05, 0.1) is 10.2 Å². The van der Waals surface area contributed by atoms with Crippen molar-refractivity contribution in [1.29, 1.82) is 0 Å². The molecule has 0 spiro atoms.